The highest BCUT2D eigenvalue weighted by molar-refractivity contribution is 7.89. The second kappa shape index (κ2) is 18.1. The average molecular weight is 773 g/mol. The number of hydrogen-bond acceptors (Lipinski definition) is 8. The fourth-order valence-electron chi connectivity index (χ4n) is 7.78. The third-order valence-electron chi connectivity index (χ3n) is 10.9. The van der Waals surface area contributed by atoms with Crippen LogP contribution in [0.25, 0.3) is 0 Å². The highest BCUT2D eigenvalue weighted by atomic mass is 32.2. The first-order valence-electron chi connectivity index (χ1n) is 18.7. The molecule has 1 aromatic heterocycles. The van der Waals surface area contributed by atoms with Crippen LogP contribution >= 0.6 is 11.3 Å². The van der Waals surface area contributed by atoms with Crippen molar-refractivity contribution in [1.82, 2.24) is 30.5 Å². The number of urea groups is 1. The molecule has 1 unspecified atom stereocenters. The molecule has 0 bridgehead atoms. The molecule has 1 aliphatic carbocycles. The number of thiophene rings is 1. The quantitative estimate of drug-likeness (QED) is 0.120. The maximum Gasteiger partial charge on any atom is 0.315 e. The van der Waals surface area contributed by atoms with E-state index >= 15 is 0 Å². The van der Waals surface area contributed by atoms with E-state index in [2.05, 4.69) is 33.8 Å². The molecule has 13 nitrogen and oxygen atoms in total. The fraction of sp³-hybridized carbons (Fsp3) is 0.658. The predicted octanol–water partition coefficient (Wildman–Crippen LogP) is 3.56. The van der Waals surface area contributed by atoms with Crippen LogP contribution in [0, 0.1) is 35.5 Å². The molecule has 0 spiro atoms. The van der Waals surface area contributed by atoms with Gasteiger partial charge in [-0.3, -0.25) is 19.2 Å². The van der Waals surface area contributed by atoms with Gasteiger partial charge in [-0.25, -0.2) is 13.2 Å². The van der Waals surface area contributed by atoms with E-state index in [-0.39, 0.29) is 62.7 Å². The van der Waals surface area contributed by atoms with Crippen LogP contribution in [0.5, 0.6) is 0 Å². The van der Waals surface area contributed by atoms with Crippen molar-refractivity contribution < 1.29 is 32.4 Å². The zero-order valence-electron chi connectivity index (χ0n) is 31.6. The smallest absolute Gasteiger partial charge is 0.315 e. The molecule has 2 fully saturated rings. The molecule has 5 amide bonds. The summed E-state index contributed by atoms with van der Waals surface area (Å²) in [5, 5.41) is 12.9. The lowest BCUT2D eigenvalue weighted by Gasteiger charge is -2.37. The second-order valence-corrected chi connectivity index (χ2v) is 18.5. The number of carbonyl (C=O) groups is 5. The summed E-state index contributed by atoms with van der Waals surface area (Å²) in [6.45, 7) is 13.9. The Morgan fingerprint density at radius 2 is 1.81 bits per heavy atom. The number of nitrogens with one attached hydrogen (secondary N) is 4. The Morgan fingerprint density at radius 3 is 2.42 bits per heavy atom. The summed E-state index contributed by atoms with van der Waals surface area (Å²) < 4.78 is 27.9. The van der Waals surface area contributed by atoms with Gasteiger partial charge in [0.15, 0.2) is 0 Å². The van der Waals surface area contributed by atoms with E-state index in [0.717, 1.165) is 24.1 Å². The zero-order chi connectivity index (χ0) is 39.1. The highest BCUT2D eigenvalue weighted by Crippen LogP contribution is 2.37. The van der Waals surface area contributed by atoms with Crippen molar-refractivity contribution in [3.8, 4) is 12.3 Å². The Bertz CT molecular complexity index is 1670. The lowest BCUT2D eigenvalue weighted by atomic mass is 9.83. The molecule has 2 aliphatic heterocycles. The summed E-state index contributed by atoms with van der Waals surface area (Å²) in [6.07, 6.45) is 11.9. The van der Waals surface area contributed by atoms with Gasteiger partial charge in [0.1, 0.15) is 12.1 Å². The molecule has 1 aromatic rings. The van der Waals surface area contributed by atoms with E-state index in [9.17, 15) is 32.4 Å². The van der Waals surface area contributed by atoms with Crippen LogP contribution in [0.1, 0.15) is 90.9 Å². The summed E-state index contributed by atoms with van der Waals surface area (Å²) >= 11 is 1.38. The lowest BCUT2D eigenvalue weighted by Crippen LogP contribution is -2.61. The standard InChI is InChI=1S/C38H56N6O7S2/c1-8-11-17-27(33(45)35(47)39-19-9-2)40-34(46)32-26(10-3)24(4)21-44(32)36(48)31(25-15-13-12-14-16-25)42-37(49)41-30(38(5,6)7)23-43-22-28-29(18-20-52-28)53(43,50)51/h1,9,18,20,24-27,30-32H,2,10-17,19,21-23H2,3-7H3,(H,39,47)(H,40,46)(H2,41,42,49)/t24-,26-,27?,30+,31-,32-/m0/s1. The van der Waals surface area contributed by atoms with Gasteiger partial charge in [-0.2, -0.15) is 4.31 Å². The van der Waals surface area contributed by atoms with Crippen LogP contribution in [0.3, 0.4) is 0 Å². The van der Waals surface area contributed by atoms with Crippen molar-refractivity contribution in [3.05, 3.63) is 29.0 Å². The van der Waals surface area contributed by atoms with Gasteiger partial charge in [0.05, 0.1) is 10.9 Å². The minimum absolute atomic E-state index is 0.0456. The van der Waals surface area contributed by atoms with Crippen molar-refractivity contribution >= 4 is 50.9 Å². The number of fused-ring (bicyclic) bond motifs is 1. The molecule has 4 N–H and O–H groups in total. The van der Waals surface area contributed by atoms with Crippen LogP contribution in [0.4, 0.5) is 4.79 Å². The summed E-state index contributed by atoms with van der Waals surface area (Å²) in [4.78, 5) is 71.0. The maximum absolute atomic E-state index is 14.7. The van der Waals surface area contributed by atoms with E-state index in [1.807, 2.05) is 34.6 Å². The average Bonchev–Trinajstić information content (AvgIpc) is 3.79. The molecule has 0 aromatic carbocycles. The van der Waals surface area contributed by atoms with Crippen molar-refractivity contribution in [3.63, 3.8) is 0 Å². The summed E-state index contributed by atoms with van der Waals surface area (Å²) in [6, 6.07) is -2.66. The summed E-state index contributed by atoms with van der Waals surface area (Å²) in [5.74, 6) is -0.670. The Morgan fingerprint density at radius 1 is 1.11 bits per heavy atom. The summed E-state index contributed by atoms with van der Waals surface area (Å²) in [5.41, 5.74) is -0.537. The first-order chi connectivity index (χ1) is 25.0. The van der Waals surface area contributed by atoms with Crippen LogP contribution in [0.15, 0.2) is 29.0 Å². The lowest BCUT2D eigenvalue weighted by molar-refractivity contribution is -0.144. The third-order valence-corrected chi connectivity index (χ3v) is 13.8. The Kier molecular flexibility index (Phi) is 14.3. The van der Waals surface area contributed by atoms with Crippen LogP contribution in [-0.4, -0.2) is 91.0 Å². The van der Waals surface area contributed by atoms with Crippen molar-refractivity contribution in [2.75, 3.05) is 19.6 Å². The van der Waals surface area contributed by atoms with Crippen molar-refractivity contribution in [2.24, 2.45) is 23.2 Å². The molecule has 292 valence electrons. The topological polar surface area (TPSA) is 174 Å². The SMILES string of the molecule is C#CCCC(NC(=O)[C@@H]1[C@@H](CC)[C@@H](C)CN1C(=O)[C@@H](NC(=O)N[C@H](CN1Cc2sccc2S1(=O)=O)C(C)(C)C)C1CCCCC1)C(=O)C(=O)NCC=C. The van der Waals surface area contributed by atoms with Crippen LogP contribution in [0.2, 0.25) is 0 Å². The molecular formula is C38H56N6O7S2. The molecule has 3 aliphatic rings. The van der Waals surface area contributed by atoms with Crippen LogP contribution < -0.4 is 21.3 Å². The van der Waals surface area contributed by atoms with E-state index in [1.165, 1.54) is 26.6 Å². The predicted molar refractivity (Wildman–Crippen MR) is 204 cm³/mol. The molecular weight excluding hydrogens is 717 g/mol. The van der Waals surface area contributed by atoms with E-state index in [1.54, 1.807) is 11.4 Å². The number of carbonyl (C=O) groups excluding carboxylic acids is 5. The van der Waals surface area contributed by atoms with Crippen LogP contribution in [-0.2, 0) is 35.7 Å². The Labute approximate surface area is 318 Å². The van der Waals surface area contributed by atoms with Crippen molar-refractivity contribution in [2.45, 2.75) is 122 Å². The van der Waals surface area contributed by atoms with Gasteiger partial charge in [0, 0.05) is 43.5 Å². The Hall–Kier alpha value is -3.74. The summed E-state index contributed by atoms with van der Waals surface area (Å²) in [7, 11) is -3.70. The van der Waals surface area contributed by atoms with E-state index in [0.29, 0.717) is 24.2 Å². The van der Waals surface area contributed by atoms with Gasteiger partial charge in [0.25, 0.3) is 5.91 Å². The fourth-order valence-corrected chi connectivity index (χ4v) is 10.7. The van der Waals surface area contributed by atoms with Gasteiger partial charge < -0.3 is 26.2 Å². The molecule has 0 radical (unpaired) electrons. The van der Waals surface area contributed by atoms with Gasteiger partial charge in [-0.15, -0.1) is 30.3 Å². The Balaban J connectivity index is 1.57. The molecule has 1 saturated carbocycles. The molecule has 6 atom stereocenters. The van der Waals surface area contributed by atoms with E-state index in [4.69, 9.17) is 6.42 Å². The third kappa shape index (κ3) is 9.88. The second-order valence-electron chi connectivity index (χ2n) is 15.6. The number of Topliss-reactive ketones (excluding diaryl/α,β-unsaturated/α-hetero) is 1. The van der Waals surface area contributed by atoms with Gasteiger partial charge >= 0.3 is 6.03 Å². The zero-order valence-corrected chi connectivity index (χ0v) is 33.2. The first kappa shape index (κ1) is 42.0. The largest absolute Gasteiger partial charge is 0.346 e. The number of ketones is 1. The van der Waals surface area contributed by atoms with Crippen molar-refractivity contribution in [1.29, 1.82) is 0 Å². The highest BCUT2D eigenvalue weighted by Gasteiger charge is 2.49. The van der Waals surface area contributed by atoms with Gasteiger partial charge in [-0.1, -0.05) is 66.4 Å². The van der Waals surface area contributed by atoms with Gasteiger partial charge in [0.2, 0.25) is 27.6 Å². The molecule has 4 rings (SSSR count). The number of nitrogens with zero attached hydrogens (tertiary/aromatic N) is 2. The monoisotopic (exact) mass is 772 g/mol. The number of rotatable bonds is 15. The first-order valence-corrected chi connectivity index (χ1v) is 21.0. The molecule has 1 saturated heterocycles. The number of sulfonamides is 1. The molecule has 15 heteroatoms. The number of likely N-dealkylation sites (tertiary alicyclic amines) is 1. The minimum atomic E-state index is -3.70. The van der Waals surface area contributed by atoms with E-state index < -0.39 is 63.2 Å². The molecule has 53 heavy (non-hydrogen) atoms. The molecule has 3 heterocycles. The minimum Gasteiger partial charge on any atom is -0.346 e. The maximum atomic E-state index is 14.7. The number of amides is 5. The van der Waals surface area contributed by atoms with Gasteiger partial charge in [-0.05, 0) is 53.9 Å². The normalized spacial score (nSPS) is 23.2. The number of terminal acetylenes is 1. The number of hydrogen-bond donors (Lipinski definition) is 4.